The first-order chi connectivity index (χ1) is 27.3. The number of anilines is 6. The number of alkyl halides is 6. The van der Waals surface area contributed by atoms with Gasteiger partial charge >= 0.3 is 12.4 Å². The van der Waals surface area contributed by atoms with Crippen LogP contribution in [-0.4, -0.2) is 16.1 Å². The Morgan fingerprint density at radius 1 is 0.345 bits per heavy atom. The standard InChI is InChI=1S/C48H42F6N2Si2/c1-57(2,3)39-23-19-37(20-24-39)55(35-15-11-33(12-16-35)47(49,50)51)43-29-9-31-8-28-42-44(30-10-32-7-27-41(43)45(31)46(32)42)56(36-17-13-34(14-18-36)48(52,53)54)38-21-25-40(26-22-38)58(4,5)6/h7-30H,1-6H3. The molecule has 8 aromatic carbocycles. The first kappa shape index (κ1) is 39.2. The third-order valence-corrected chi connectivity index (χ3v) is 15.1. The summed E-state index contributed by atoms with van der Waals surface area (Å²) in [6.07, 6.45) is -8.95. The predicted octanol–water partition coefficient (Wildman–Crippen LogP) is 14.7. The summed E-state index contributed by atoms with van der Waals surface area (Å²) in [5.74, 6) is 0. The monoisotopic (exact) mass is 816 g/mol. The van der Waals surface area contributed by atoms with Crippen molar-refractivity contribution in [3.8, 4) is 0 Å². The molecule has 0 fully saturated rings. The van der Waals surface area contributed by atoms with E-state index in [2.05, 4.69) is 87.8 Å². The van der Waals surface area contributed by atoms with E-state index in [0.29, 0.717) is 11.4 Å². The molecule has 0 heterocycles. The molecule has 0 atom stereocenters. The predicted molar refractivity (Wildman–Crippen MR) is 235 cm³/mol. The zero-order valence-corrected chi connectivity index (χ0v) is 35.0. The molecule has 0 unspecified atom stereocenters. The number of nitrogens with zero attached hydrogens (tertiary/aromatic N) is 2. The zero-order chi connectivity index (χ0) is 41.4. The molecule has 0 aliphatic rings. The molecule has 0 saturated carbocycles. The Bertz CT molecular complexity index is 2440. The topological polar surface area (TPSA) is 6.48 Å². The maximum atomic E-state index is 13.7. The van der Waals surface area contributed by atoms with Crippen molar-refractivity contribution in [1.82, 2.24) is 0 Å². The lowest BCUT2D eigenvalue weighted by molar-refractivity contribution is -0.138. The van der Waals surface area contributed by atoms with Crippen molar-refractivity contribution in [2.45, 2.75) is 51.6 Å². The van der Waals surface area contributed by atoms with Gasteiger partial charge in [0.1, 0.15) is 0 Å². The molecule has 8 aromatic rings. The lowest BCUT2D eigenvalue weighted by Gasteiger charge is -2.30. The van der Waals surface area contributed by atoms with Crippen LogP contribution < -0.4 is 20.2 Å². The van der Waals surface area contributed by atoms with Gasteiger partial charge in [-0.05, 0) is 106 Å². The lowest BCUT2D eigenvalue weighted by atomic mass is 9.91. The molecule has 2 nitrogen and oxygen atoms in total. The van der Waals surface area contributed by atoms with E-state index in [-0.39, 0.29) is 0 Å². The molecule has 58 heavy (non-hydrogen) atoms. The van der Waals surface area contributed by atoms with Gasteiger partial charge < -0.3 is 9.80 Å². The van der Waals surface area contributed by atoms with Gasteiger partial charge in [-0.15, -0.1) is 0 Å². The minimum absolute atomic E-state index is 0.583. The van der Waals surface area contributed by atoms with Gasteiger partial charge in [-0.1, -0.05) is 110 Å². The van der Waals surface area contributed by atoms with E-state index in [1.165, 1.54) is 34.6 Å². The molecule has 0 amide bonds. The summed E-state index contributed by atoms with van der Waals surface area (Å²) in [7, 11) is -3.30. The van der Waals surface area contributed by atoms with Crippen LogP contribution in [0, 0.1) is 0 Å². The van der Waals surface area contributed by atoms with Crippen molar-refractivity contribution in [2.24, 2.45) is 0 Å². The molecule has 0 aromatic heterocycles. The fourth-order valence-electron chi connectivity index (χ4n) is 7.83. The Kier molecular flexibility index (Phi) is 9.51. The van der Waals surface area contributed by atoms with E-state index in [0.717, 1.165) is 79.3 Å². The molecule has 0 N–H and O–H groups in total. The molecule has 0 saturated heterocycles. The largest absolute Gasteiger partial charge is 0.416 e. The van der Waals surface area contributed by atoms with Crippen molar-refractivity contribution < 1.29 is 26.3 Å². The van der Waals surface area contributed by atoms with Crippen molar-refractivity contribution in [2.75, 3.05) is 9.80 Å². The first-order valence-corrected chi connectivity index (χ1v) is 26.2. The molecule has 0 aliphatic heterocycles. The number of rotatable bonds is 8. The Morgan fingerprint density at radius 3 is 0.897 bits per heavy atom. The van der Waals surface area contributed by atoms with Crippen molar-refractivity contribution in [3.05, 3.63) is 157 Å². The summed E-state index contributed by atoms with van der Waals surface area (Å²) in [6.45, 7) is 13.6. The van der Waals surface area contributed by atoms with E-state index in [1.54, 1.807) is 0 Å². The van der Waals surface area contributed by atoms with Gasteiger partial charge in [-0.2, -0.15) is 26.3 Å². The summed E-state index contributed by atoms with van der Waals surface area (Å²) >= 11 is 0. The maximum absolute atomic E-state index is 13.7. The van der Waals surface area contributed by atoms with Crippen molar-refractivity contribution >= 4 is 93.0 Å². The van der Waals surface area contributed by atoms with Crippen LogP contribution in [0.15, 0.2) is 146 Å². The highest BCUT2D eigenvalue weighted by Gasteiger charge is 2.32. The van der Waals surface area contributed by atoms with Gasteiger partial charge in [0.2, 0.25) is 0 Å². The first-order valence-electron chi connectivity index (χ1n) is 19.2. The number of halogens is 6. The second-order valence-electron chi connectivity index (χ2n) is 16.9. The molecular weight excluding hydrogens is 775 g/mol. The molecule has 0 radical (unpaired) electrons. The van der Waals surface area contributed by atoms with Crippen molar-refractivity contribution in [1.29, 1.82) is 0 Å². The third-order valence-electron chi connectivity index (χ3n) is 11.0. The number of hydrogen-bond acceptors (Lipinski definition) is 2. The summed E-state index contributed by atoms with van der Waals surface area (Å²) < 4.78 is 82.4. The van der Waals surface area contributed by atoms with Gasteiger partial charge in [0, 0.05) is 33.5 Å². The summed E-state index contributed by atoms with van der Waals surface area (Å²) in [5.41, 5.74) is 2.95. The smallest absolute Gasteiger partial charge is 0.310 e. The highest BCUT2D eigenvalue weighted by Crippen LogP contribution is 2.48. The SMILES string of the molecule is C[Si](C)(C)c1ccc(N(c2ccc(C(F)(F)F)cc2)c2ccc3ccc4c(N(c5ccc(C(F)(F)F)cc5)c5ccc([Si](C)(C)C)cc5)ccc5ccc2c3c54)cc1. The second kappa shape index (κ2) is 14.1. The highest BCUT2D eigenvalue weighted by molar-refractivity contribution is 6.89. The highest BCUT2D eigenvalue weighted by atomic mass is 28.3. The Hall–Kier alpha value is -5.59. The van der Waals surface area contributed by atoms with E-state index in [4.69, 9.17) is 0 Å². The van der Waals surface area contributed by atoms with E-state index >= 15 is 0 Å². The van der Waals surface area contributed by atoms with Crippen LogP contribution in [0.2, 0.25) is 39.3 Å². The fourth-order valence-corrected chi connectivity index (χ4v) is 10.2. The van der Waals surface area contributed by atoms with Gasteiger partial charge in [0.05, 0.1) is 38.6 Å². The zero-order valence-electron chi connectivity index (χ0n) is 33.0. The molecule has 8 rings (SSSR count). The van der Waals surface area contributed by atoms with E-state index in [9.17, 15) is 26.3 Å². The van der Waals surface area contributed by atoms with Crippen LogP contribution in [0.25, 0.3) is 32.3 Å². The molecule has 0 bridgehead atoms. The van der Waals surface area contributed by atoms with Crippen LogP contribution in [0.4, 0.5) is 60.5 Å². The maximum Gasteiger partial charge on any atom is 0.416 e. The minimum atomic E-state index is -4.47. The Morgan fingerprint density at radius 2 is 0.621 bits per heavy atom. The second-order valence-corrected chi connectivity index (χ2v) is 27.1. The van der Waals surface area contributed by atoms with Crippen LogP contribution in [0.5, 0.6) is 0 Å². The summed E-state index contributed by atoms with van der Waals surface area (Å²) in [4.78, 5) is 4.02. The number of hydrogen-bond donors (Lipinski definition) is 0. The minimum Gasteiger partial charge on any atom is -0.310 e. The quantitative estimate of drug-likeness (QED) is 0.0856. The lowest BCUT2D eigenvalue weighted by Crippen LogP contribution is -2.37. The fraction of sp³-hybridized carbons (Fsp3) is 0.167. The van der Waals surface area contributed by atoms with Gasteiger partial charge in [-0.3, -0.25) is 0 Å². The van der Waals surface area contributed by atoms with Crippen LogP contribution in [-0.2, 0) is 12.4 Å². The van der Waals surface area contributed by atoms with Crippen LogP contribution in [0.1, 0.15) is 11.1 Å². The van der Waals surface area contributed by atoms with E-state index < -0.39 is 39.6 Å². The van der Waals surface area contributed by atoms with Gasteiger partial charge in [0.15, 0.2) is 0 Å². The number of benzene rings is 8. The Balaban J connectivity index is 1.35. The van der Waals surface area contributed by atoms with Crippen molar-refractivity contribution in [3.63, 3.8) is 0 Å². The average Bonchev–Trinajstić information content (AvgIpc) is 3.17. The van der Waals surface area contributed by atoms with Crippen LogP contribution >= 0.6 is 0 Å². The molecule has 0 spiro atoms. The average molecular weight is 817 g/mol. The van der Waals surface area contributed by atoms with Gasteiger partial charge in [-0.25, -0.2) is 0 Å². The summed E-state index contributed by atoms with van der Waals surface area (Å²) in [6, 6.07) is 43.5. The molecule has 294 valence electrons. The summed E-state index contributed by atoms with van der Waals surface area (Å²) in [5, 5.41) is 8.26. The molecular formula is C48H42F6N2Si2. The van der Waals surface area contributed by atoms with E-state index in [1.807, 2.05) is 58.3 Å². The Labute approximate surface area is 336 Å². The molecule has 0 aliphatic carbocycles. The molecule has 10 heteroatoms. The van der Waals surface area contributed by atoms with Crippen LogP contribution in [0.3, 0.4) is 0 Å². The van der Waals surface area contributed by atoms with Gasteiger partial charge in [0.25, 0.3) is 0 Å². The normalized spacial score (nSPS) is 12.8. The third kappa shape index (κ3) is 7.24.